The largest absolute Gasteiger partial charge is 0.481 e. The molecule has 12 heteroatoms. The van der Waals surface area contributed by atoms with Crippen LogP contribution in [-0.2, 0) is 32.9 Å². The van der Waals surface area contributed by atoms with E-state index in [0.717, 1.165) is 31.2 Å². The standard InChI is InChI=1S/C33H37N5O7/c1-20-24-14-13-23(15-27(24)45-32(44)25(20)16-29(39)40)35-31(43)26(17-30(41)42)38-19-28(36-37-38)33(2,22-11-7-4-8-12-22)34-18-21-9-5-3-6-10-21/h3,5-6,9-10,13-15,19,22,26,34H,4,7-8,11-12,16-18H2,1-2H3,(H,35,43)(H,39,40)(H,41,42)/t26?,33-/m0/s1. The number of carboxylic acids is 2. The molecule has 45 heavy (non-hydrogen) atoms. The Kier molecular flexibility index (Phi) is 9.43. The number of nitrogens with one attached hydrogen (secondary N) is 2. The zero-order valence-corrected chi connectivity index (χ0v) is 25.3. The van der Waals surface area contributed by atoms with Gasteiger partial charge in [0, 0.05) is 23.7 Å². The van der Waals surface area contributed by atoms with Crippen LogP contribution in [0.15, 0.2) is 63.9 Å². The second kappa shape index (κ2) is 13.4. The molecule has 5 rings (SSSR count). The second-order valence-electron chi connectivity index (χ2n) is 11.8. The number of fused-ring (bicyclic) bond motifs is 1. The van der Waals surface area contributed by atoms with Gasteiger partial charge in [0.1, 0.15) is 17.3 Å². The minimum atomic E-state index is -1.21. The lowest BCUT2D eigenvalue weighted by Gasteiger charge is -2.39. The van der Waals surface area contributed by atoms with Crippen LogP contribution in [0.25, 0.3) is 11.0 Å². The maximum Gasteiger partial charge on any atom is 0.340 e. The highest BCUT2D eigenvalue weighted by Crippen LogP contribution is 2.39. The van der Waals surface area contributed by atoms with E-state index in [2.05, 4.69) is 27.9 Å². The summed E-state index contributed by atoms with van der Waals surface area (Å²) in [7, 11) is 0. The molecule has 1 aliphatic carbocycles. The van der Waals surface area contributed by atoms with E-state index in [0.29, 0.717) is 23.2 Å². The molecule has 1 amide bonds. The van der Waals surface area contributed by atoms with Gasteiger partial charge in [-0.2, -0.15) is 0 Å². The van der Waals surface area contributed by atoms with Crippen molar-refractivity contribution in [2.24, 2.45) is 5.92 Å². The van der Waals surface area contributed by atoms with Gasteiger partial charge in [-0.15, -0.1) is 5.10 Å². The summed E-state index contributed by atoms with van der Waals surface area (Å²) < 4.78 is 6.66. The summed E-state index contributed by atoms with van der Waals surface area (Å²) in [5, 5.41) is 34.5. The third-order valence-corrected chi connectivity index (χ3v) is 8.84. The van der Waals surface area contributed by atoms with E-state index < -0.39 is 47.9 Å². The summed E-state index contributed by atoms with van der Waals surface area (Å²) in [5.41, 5.74) is 1.38. The van der Waals surface area contributed by atoms with E-state index >= 15 is 0 Å². The number of hydrogen-bond acceptors (Lipinski definition) is 8. The zero-order chi connectivity index (χ0) is 32.1. The van der Waals surface area contributed by atoms with Gasteiger partial charge in [-0.25, -0.2) is 9.48 Å². The maximum absolute atomic E-state index is 13.5. The molecule has 1 aliphatic rings. The maximum atomic E-state index is 13.5. The molecule has 1 unspecified atom stereocenters. The van der Waals surface area contributed by atoms with Crippen LogP contribution in [-0.4, -0.2) is 43.1 Å². The van der Waals surface area contributed by atoms with Gasteiger partial charge in [0.2, 0.25) is 5.91 Å². The first kappa shape index (κ1) is 31.6. The Labute approximate surface area is 259 Å². The van der Waals surface area contributed by atoms with Crippen molar-refractivity contribution in [2.75, 3.05) is 5.32 Å². The van der Waals surface area contributed by atoms with Crippen LogP contribution >= 0.6 is 0 Å². The molecule has 4 aromatic rings. The highest BCUT2D eigenvalue weighted by Gasteiger charge is 2.39. The summed E-state index contributed by atoms with van der Waals surface area (Å²) in [5.74, 6) is -2.69. The molecule has 236 valence electrons. The summed E-state index contributed by atoms with van der Waals surface area (Å²) in [6.07, 6.45) is 6.08. The van der Waals surface area contributed by atoms with E-state index in [9.17, 15) is 24.3 Å². The highest BCUT2D eigenvalue weighted by atomic mass is 16.4. The predicted octanol–water partition coefficient (Wildman–Crippen LogP) is 4.56. The predicted molar refractivity (Wildman–Crippen MR) is 166 cm³/mol. The fourth-order valence-corrected chi connectivity index (χ4v) is 6.20. The van der Waals surface area contributed by atoms with Gasteiger partial charge < -0.3 is 25.3 Å². The van der Waals surface area contributed by atoms with Crippen LogP contribution in [0.5, 0.6) is 0 Å². The van der Waals surface area contributed by atoms with Gasteiger partial charge in [0.05, 0.1) is 30.1 Å². The first-order valence-electron chi connectivity index (χ1n) is 15.1. The summed E-state index contributed by atoms with van der Waals surface area (Å²) in [6, 6.07) is 13.5. The number of aryl methyl sites for hydroxylation is 1. The molecule has 2 atom stereocenters. The number of carbonyl (C=O) groups is 3. The lowest BCUT2D eigenvalue weighted by molar-refractivity contribution is -0.140. The first-order valence-corrected chi connectivity index (χ1v) is 15.1. The third-order valence-electron chi connectivity index (χ3n) is 8.84. The molecular formula is C33H37N5O7. The Hall–Kier alpha value is -4.84. The average Bonchev–Trinajstić information content (AvgIpc) is 3.52. The Balaban J connectivity index is 1.41. The average molecular weight is 616 g/mol. The SMILES string of the molecule is Cc1c(CC(=O)O)c(=O)oc2cc(NC(=O)C(CC(=O)O)n3cc([C@@](C)(NCc4ccccc4)C4CCCCC4)nn3)ccc12. The number of nitrogens with zero attached hydrogens (tertiary/aromatic N) is 3. The van der Waals surface area contributed by atoms with Crippen molar-refractivity contribution in [1.29, 1.82) is 0 Å². The highest BCUT2D eigenvalue weighted by molar-refractivity contribution is 5.97. The Morgan fingerprint density at radius 3 is 2.49 bits per heavy atom. The van der Waals surface area contributed by atoms with Crippen LogP contribution in [0.1, 0.15) is 73.9 Å². The lowest BCUT2D eigenvalue weighted by atomic mass is 9.74. The topological polar surface area (TPSA) is 177 Å². The molecular weight excluding hydrogens is 578 g/mol. The summed E-state index contributed by atoms with van der Waals surface area (Å²) in [4.78, 5) is 49.0. The number of aromatic nitrogens is 3. The normalized spacial score (nSPS) is 15.8. The van der Waals surface area contributed by atoms with Crippen molar-refractivity contribution >= 4 is 34.5 Å². The number of aliphatic carboxylic acids is 2. The molecule has 2 aromatic carbocycles. The van der Waals surface area contributed by atoms with Crippen molar-refractivity contribution < 1.29 is 29.0 Å². The number of carbonyl (C=O) groups excluding carboxylic acids is 1. The van der Waals surface area contributed by atoms with Gasteiger partial charge in [-0.05, 0) is 55.9 Å². The van der Waals surface area contributed by atoms with E-state index in [1.54, 1.807) is 25.3 Å². The molecule has 12 nitrogen and oxygen atoms in total. The van der Waals surface area contributed by atoms with Gasteiger partial charge >= 0.3 is 17.6 Å². The van der Waals surface area contributed by atoms with Crippen molar-refractivity contribution in [3.8, 4) is 0 Å². The minimum absolute atomic E-state index is 0.0498. The quantitative estimate of drug-likeness (QED) is 0.165. The van der Waals surface area contributed by atoms with E-state index in [1.807, 2.05) is 30.3 Å². The zero-order valence-electron chi connectivity index (χ0n) is 25.3. The molecule has 0 aliphatic heterocycles. The fraction of sp³-hybridized carbons (Fsp3) is 0.394. The molecule has 1 saturated carbocycles. The molecule has 2 aromatic heterocycles. The smallest absolute Gasteiger partial charge is 0.340 e. The van der Waals surface area contributed by atoms with Crippen molar-refractivity contribution in [3.05, 3.63) is 87.5 Å². The van der Waals surface area contributed by atoms with E-state index in [1.165, 1.54) is 17.2 Å². The lowest BCUT2D eigenvalue weighted by Crippen LogP contribution is -2.46. The molecule has 2 heterocycles. The van der Waals surface area contributed by atoms with Crippen LogP contribution in [0, 0.1) is 12.8 Å². The number of carboxylic acid groups (broad SMARTS) is 2. The molecule has 0 bridgehead atoms. The van der Waals surface area contributed by atoms with Gasteiger partial charge in [0.25, 0.3) is 0 Å². The van der Waals surface area contributed by atoms with Gasteiger partial charge in [-0.1, -0.05) is 54.8 Å². The number of hydrogen-bond donors (Lipinski definition) is 4. The van der Waals surface area contributed by atoms with Gasteiger partial charge in [-0.3, -0.25) is 14.4 Å². The molecule has 0 saturated heterocycles. The van der Waals surface area contributed by atoms with Crippen molar-refractivity contribution in [3.63, 3.8) is 0 Å². The minimum Gasteiger partial charge on any atom is -0.481 e. The van der Waals surface area contributed by atoms with E-state index in [-0.39, 0.29) is 22.8 Å². The summed E-state index contributed by atoms with van der Waals surface area (Å²) >= 11 is 0. The summed E-state index contributed by atoms with van der Waals surface area (Å²) in [6.45, 7) is 4.34. The van der Waals surface area contributed by atoms with Crippen LogP contribution in [0.2, 0.25) is 0 Å². The molecule has 1 fully saturated rings. The van der Waals surface area contributed by atoms with Crippen LogP contribution in [0.3, 0.4) is 0 Å². The second-order valence-corrected chi connectivity index (χ2v) is 11.8. The number of benzene rings is 2. The first-order chi connectivity index (χ1) is 21.5. The molecule has 0 spiro atoms. The monoisotopic (exact) mass is 615 g/mol. The number of rotatable bonds is 12. The number of anilines is 1. The molecule has 4 N–H and O–H groups in total. The van der Waals surface area contributed by atoms with Crippen LogP contribution < -0.4 is 16.3 Å². The third kappa shape index (κ3) is 7.12. The number of amides is 1. The Morgan fingerprint density at radius 2 is 1.80 bits per heavy atom. The van der Waals surface area contributed by atoms with Crippen molar-refractivity contribution in [2.45, 2.75) is 76.9 Å². The fourth-order valence-electron chi connectivity index (χ4n) is 6.20. The Morgan fingerprint density at radius 1 is 1.07 bits per heavy atom. The van der Waals surface area contributed by atoms with E-state index in [4.69, 9.17) is 9.52 Å². The Bertz CT molecular complexity index is 1760. The molecule has 0 radical (unpaired) electrons. The van der Waals surface area contributed by atoms with Crippen LogP contribution in [0.4, 0.5) is 5.69 Å². The van der Waals surface area contributed by atoms with Crippen molar-refractivity contribution in [1.82, 2.24) is 20.3 Å². The van der Waals surface area contributed by atoms with Gasteiger partial charge in [0.15, 0.2) is 0 Å².